The van der Waals surface area contributed by atoms with Crippen LogP contribution in [0.5, 0.6) is 0 Å². The normalized spacial score (nSPS) is 12.5. The van der Waals surface area contributed by atoms with E-state index in [9.17, 15) is 0 Å². The summed E-state index contributed by atoms with van der Waals surface area (Å²) in [5, 5.41) is 3.45. The van der Waals surface area contributed by atoms with Crippen molar-refractivity contribution in [1.29, 1.82) is 0 Å². The average molecular weight is 250 g/mol. The second-order valence-electron chi connectivity index (χ2n) is 4.88. The van der Waals surface area contributed by atoms with Crippen molar-refractivity contribution in [2.24, 2.45) is 0 Å². The molecule has 0 aliphatic carbocycles. The minimum absolute atomic E-state index is 0.366. The fourth-order valence-corrected chi connectivity index (χ4v) is 2.33. The third-order valence-electron chi connectivity index (χ3n) is 3.12. The molecular formula is C15H26N2O. The summed E-state index contributed by atoms with van der Waals surface area (Å²) in [5.74, 6) is 0. The Kier molecular flexibility index (Phi) is 6.16. The Balaban J connectivity index is 2.70. The van der Waals surface area contributed by atoms with Gasteiger partial charge in [-0.25, -0.2) is 0 Å². The number of ether oxygens (including phenoxy) is 1. The Bertz CT molecular complexity index is 360. The number of benzene rings is 1. The lowest BCUT2D eigenvalue weighted by atomic mass is 10.1. The minimum Gasteiger partial charge on any atom is -0.383 e. The number of hydrogen-bond acceptors (Lipinski definition) is 3. The van der Waals surface area contributed by atoms with Crippen molar-refractivity contribution in [1.82, 2.24) is 5.32 Å². The van der Waals surface area contributed by atoms with Crippen LogP contribution in [0.3, 0.4) is 0 Å². The SMILES string of the molecule is CCNC(COC)CN(C)c1ccc(C)cc1C. The highest BCUT2D eigenvalue weighted by Gasteiger charge is 2.12. The standard InChI is InChI=1S/C15H26N2O/c1-6-16-14(11-18-5)10-17(4)15-8-7-12(2)9-13(15)3/h7-9,14,16H,6,10-11H2,1-5H3. The molecule has 3 nitrogen and oxygen atoms in total. The molecule has 102 valence electrons. The van der Waals surface area contributed by atoms with Crippen LogP contribution in [0.4, 0.5) is 5.69 Å². The Morgan fingerprint density at radius 3 is 2.61 bits per heavy atom. The second kappa shape index (κ2) is 7.39. The van der Waals surface area contributed by atoms with Crippen molar-refractivity contribution in [3.63, 3.8) is 0 Å². The van der Waals surface area contributed by atoms with Crippen molar-refractivity contribution in [2.75, 3.05) is 38.8 Å². The van der Waals surface area contributed by atoms with Crippen LogP contribution in [0.25, 0.3) is 0 Å². The molecule has 0 saturated carbocycles. The summed E-state index contributed by atoms with van der Waals surface area (Å²) >= 11 is 0. The zero-order valence-electron chi connectivity index (χ0n) is 12.3. The molecule has 0 fully saturated rings. The van der Waals surface area contributed by atoms with Gasteiger partial charge in [0, 0.05) is 32.4 Å². The van der Waals surface area contributed by atoms with E-state index in [1.54, 1.807) is 7.11 Å². The predicted molar refractivity (Wildman–Crippen MR) is 78.5 cm³/mol. The number of likely N-dealkylation sites (N-methyl/N-ethyl adjacent to an activating group) is 2. The maximum atomic E-state index is 5.25. The van der Waals surface area contributed by atoms with Gasteiger partial charge in [-0.3, -0.25) is 0 Å². The Hall–Kier alpha value is -1.06. The Labute approximate surface area is 111 Å². The molecule has 3 heteroatoms. The largest absolute Gasteiger partial charge is 0.383 e. The quantitative estimate of drug-likeness (QED) is 0.804. The van der Waals surface area contributed by atoms with E-state index in [4.69, 9.17) is 4.74 Å². The first-order valence-corrected chi connectivity index (χ1v) is 6.59. The van der Waals surface area contributed by atoms with Crippen LogP contribution < -0.4 is 10.2 Å². The van der Waals surface area contributed by atoms with Crippen molar-refractivity contribution < 1.29 is 4.74 Å². The van der Waals surface area contributed by atoms with E-state index in [2.05, 4.69) is 56.2 Å². The first-order chi connectivity index (χ1) is 8.58. The van der Waals surface area contributed by atoms with Crippen LogP contribution in [-0.4, -0.2) is 39.9 Å². The van der Waals surface area contributed by atoms with Gasteiger partial charge in [0.2, 0.25) is 0 Å². The van der Waals surface area contributed by atoms with E-state index in [1.165, 1.54) is 16.8 Å². The molecule has 1 N–H and O–H groups in total. The van der Waals surface area contributed by atoms with Gasteiger partial charge in [-0.15, -0.1) is 0 Å². The first kappa shape index (κ1) is 15.0. The topological polar surface area (TPSA) is 24.5 Å². The van der Waals surface area contributed by atoms with Crippen LogP contribution >= 0.6 is 0 Å². The van der Waals surface area contributed by atoms with Gasteiger partial charge in [0.05, 0.1) is 6.61 Å². The fourth-order valence-electron chi connectivity index (χ4n) is 2.33. The van der Waals surface area contributed by atoms with E-state index < -0.39 is 0 Å². The van der Waals surface area contributed by atoms with Crippen LogP contribution in [0.2, 0.25) is 0 Å². The molecule has 0 saturated heterocycles. The lowest BCUT2D eigenvalue weighted by Gasteiger charge is -2.27. The number of aryl methyl sites for hydroxylation is 2. The summed E-state index contributed by atoms with van der Waals surface area (Å²) in [6, 6.07) is 6.95. The zero-order chi connectivity index (χ0) is 13.5. The number of rotatable bonds is 7. The molecule has 1 aromatic carbocycles. The second-order valence-corrected chi connectivity index (χ2v) is 4.88. The number of anilines is 1. The third kappa shape index (κ3) is 4.31. The molecule has 1 aromatic rings. The van der Waals surface area contributed by atoms with Gasteiger partial charge in [0.1, 0.15) is 0 Å². The van der Waals surface area contributed by atoms with Gasteiger partial charge >= 0.3 is 0 Å². The molecule has 0 radical (unpaired) electrons. The lowest BCUT2D eigenvalue weighted by Crippen LogP contribution is -2.42. The highest BCUT2D eigenvalue weighted by Crippen LogP contribution is 2.19. The molecule has 1 unspecified atom stereocenters. The Morgan fingerprint density at radius 2 is 2.06 bits per heavy atom. The van der Waals surface area contributed by atoms with Crippen LogP contribution in [-0.2, 0) is 4.74 Å². The van der Waals surface area contributed by atoms with Crippen molar-refractivity contribution in [2.45, 2.75) is 26.8 Å². The molecule has 1 rings (SSSR count). The van der Waals surface area contributed by atoms with E-state index in [0.29, 0.717) is 6.04 Å². The summed E-state index contributed by atoms with van der Waals surface area (Å²) in [6.07, 6.45) is 0. The lowest BCUT2D eigenvalue weighted by molar-refractivity contribution is 0.169. The van der Waals surface area contributed by atoms with E-state index >= 15 is 0 Å². The molecule has 0 spiro atoms. The van der Waals surface area contributed by atoms with Gasteiger partial charge in [-0.05, 0) is 32.0 Å². The van der Waals surface area contributed by atoms with Gasteiger partial charge < -0.3 is 15.0 Å². The van der Waals surface area contributed by atoms with Gasteiger partial charge in [0.25, 0.3) is 0 Å². The molecule has 0 aliphatic rings. The monoisotopic (exact) mass is 250 g/mol. The maximum absolute atomic E-state index is 5.25. The third-order valence-corrected chi connectivity index (χ3v) is 3.12. The summed E-state index contributed by atoms with van der Waals surface area (Å²) in [5.41, 5.74) is 3.93. The van der Waals surface area contributed by atoms with Crippen molar-refractivity contribution in [3.8, 4) is 0 Å². The van der Waals surface area contributed by atoms with Gasteiger partial charge in [-0.1, -0.05) is 24.6 Å². The van der Waals surface area contributed by atoms with Gasteiger partial charge in [-0.2, -0.15) is 0 Å². The average Bonchev–Trinajstić information content (AvgIpc) is 2.29. The maximum Gasteiger partial charge on any atom is 0.0633 e. The number of nitrogens with zero attached hydrogens (tertiary/aromatic N) is 1. The molecule has 0 amide bonds. The van der Waals surface area contributed by atoms with Gasteiger partial charge in [0.15, 0.2) is 0 Å². The summed E-state index contributed by atoms with van der Waals surface area (Å²) < 4.78 is 5.25. The number of hydrogen-bond donors (Lipinski definition) is 1. The molecule has 0 aliphatic heterocycles. The molecule has 0 heterocycles. The number of nitrogens with one attached hydrogen (secondary N) is 1. The van der Waals surface area contributed by atoms with Crippen molar-refractivity contribution >= 4 is 5.69 Å². The molecular weight excluding hydrogens is 224 g/mol. The highest BCUT2D eigenvalue weighted by atomic mass is 16.5. The zero-order valence-corrected chi connectivity index (χ0v) is 12.3. The van der Waals surface area contributed by atoms with Crippen LogP contribution in [0.1, 0.15) is 18.1 Å². The predicted octanol–water partition coefficient (Wildman–Crippen LogP) is 2.36. The minimum atomic E-state index is 0.366. The molecule has 0 aromatic heterocycles. The molecule has 18 heavy (non-hydrogen) atoms. The van der Waals surface area contributed by atoms with E-state index in [1.807, 2.05) is 0 Å². The number of methoxy groups -OCH3 is 1. The molecule has 0 bridgehead atoms. The first-order valence-electron chi connectivity index (χ1n) is 6.59. The van der Waals surface area contributed by atoms with E-state index in [-0.39, 0.29) is 0 Å². The van der Waals surface area contributed by atoms with Crippen LogP contribution in [0, 0.1) is 13.8 Å². The smallest absolute Gasteiger partial charge is 0.0633 e. The summed E-state index contributed by atoms with van der Waals surface area (Å²) in [7, 11) is 3.89. The Morgan fingerprint density at radius 1 is 1.33 bits per heavy atom. The summed E-state index contributed by atoms with van der Waals surface area (Å²) in [4.78, 5) is 2.29. The van der Waals surface area contributed by atoms with Crippen LogP contribution in [0.15, 0.2) is 18.2 Å². The van der Waals surface area contributed by atoms with Crippen molar-refractivity contribution in [3.05, 3.63) is 29.3 Å². The summed E-state index contributed by atoms with van der Waals surface area (Å²) in [6.45, 7) is 9.07. The highest BCUT2D eigenvalue weighted by molar-refractivity contribution is 5.53. The fraction of sp³-hybridized carbons (Fsp3) is 0.600. The molecule has 1 atom stereocenters. The van der Waals surface area contributed by atoms with E-state index in [0.717, 1.165) is 19.7 Å².